The van der Waals surface area contributed by atoms with E-state index in [1.807, 2.05) is 13.8 Å². The normalized spacial score (nSPS) is 10.6. The van der Waals surface area contributed by atoms with Gasteiger partial charge in [0.15, 0.2) is 0 Å². The van der Waals surface area contributed by atoms with E-state index in [2.05, 4.69) is 5.32 Å². The predicted octanol–water partition coefficient (Wildman–Crippen LogP) is 3.88. The Morgan fingerprint density at radius 3 is 2.44 bits per heavy atom. The molecular weight excluding hydrogens is 325 g/mol. The van der Waals surface area contributed by atoms with E-state index in [-0.39, 0.29) is 24.0 Å². The molecule has 0 saturated heterocycles. The summed E-state index contributed by atoms with van der Waals surface area (Å²) in [5.41, 5.74) is 1.33. The van der Waals surface area contributed by atoms with Gasteiger partial charge in [-0.2, -0.15) is 0 Å². The van der Waals surface area contributed by atoms with E-state index in [1.165, 1.54) is 30.3 Å². The number of benzene rings is 2. The number of aryl methyl sites for hydroxylation is 1. The van der Waals surface area contributed by atoms with Crippen molar-refractivity contribution < 1.29 is 23.8 Å². The minimum atomic E-state index is -0.993. The van der Waals surface area contributed by atoms with E-state index in [0.29, 0.717) is 17.9 Å². The Balaban J connectivity index is 1.98. The molecule has 2 aromatic carbocycles. The Bertz CT molecular complexity index is 757. The third kappa shape index (κ3) is 5.60. The highest BCUT2D eigenvalue weighted by Gasteiger charge is 2.11. The van der Waals surface area contributed by atoms with Crippen LogP contribution in [0.5, 0.6) is 5.75 Å². The fourth-order valence-electron chi connectivity index (χ4n) is 2.24. The molecule has 0 heterocycles. The van der Waals surface area contributed by atoms with Crippen LogP contribution in [-0.4, -0.2) is 23.1 Å². The Morgan fingerprint density at radius 1 is 1.16 bits per heavy atom. The van der Waals surface area contributed by atoms with Crippen molar-refractivity contribution >= 4 is 17.6 Å². The van der Waals surface area contributed by atoms with E-state index in [9.17, 15) is 14.0 Å². The van der Waals surface area contributed by atoms with E-state index in [4.69, 9.17) is 9.84 Å². The van der Waals surface area contributed by atoms with Crippen molar-refractivity contribution in [1.82, 2.24) is 0 Å². The zero-order chi connectivity index (χ0) is 18.4. The van der Waals surface area contributed by atoms with Crippen LogP contribution >= 0.6 is 0 Å². The Labute approximate surface area is 145 Å². The van der Waals surface area contributed by atoms with Crippen molar-refractivity contribution in [2.45, 2.75) is 32.8 Å². The van der Waals surface area contributed by atoms with Crippen molar-refractivity contribution in [3.05, 3.63) is 59.4 Å². The molecule has 25 heavy (non-hydrogen) atoms. The minimum absolute atomic E-state index is 0.103. The smallest absolute Gasteiger partial charge is 0.335 e. The average molecular weight is 345 g/mol. The van der Waals surface area contributed by atoms with Gasteiger partial charge in [0.05, 0.1) is 17.4 Å². The van der Waals surface area contributed by atoms with Crippen LogP contribution in [0.3, 0.4) is 0 Å². The van der Waals surface area contributed by atoms with Crippen molar-refractivity contribution in [2.24, 2.45) is 0 Å². The molecule has 5 nitrogen and oxygen atoms in total. The molecule has 0 radical (unpaired) electrons. The lowest BCUT2D eigenvalue weighted by molar-refractivity contribution is -0.116. The molecular formula is C19H20FNO4. The van der Waals surface area contributed by atoms with Gasteiger partial charge < -0.3 is 15.2 Å². The van der Waals surface area contributed by atoms with Gasteiger partial charge in [0.1, 0.15) is 11.6 Å². The molecule has 1 amide bonds. The molecule has 132 valence electrons. The number of rotatable bonds is 7. The summed E-state index contributed by atoms with van der Waals surface area (Å²) in [6.45, 7) is 3.69. The molecule has 0 aliphatic rings. The van der Waals surface area contributed by atoms with Crippen molar-refractivity contribution in [3.63, 3.8) is 0 Å². The number of carboxylic acid groups (broad SMARTS) is 1. The maximum absolute atomic E-state index is 13.4. The zero-order valence-electron chi connectivity index (χ0n) is 14.1. The van der Waals surface area contributed by atoms with E-state index < -0.39 is 11.8 Å². The first-order valence-corrected chi connectivity index (χ1v) is 7.93. The third-order valence-electron chi connectivity index (χ3n) is 3.42. The first-order chi connectivity index (χ1) is 11.8. The predicted molar refractivity (Wildman–Crippen MR) is 92.5 cm³/mol. The summed E-state index contributed by atoms with van der Waals surface area (Å²) in [6, 6.07) is 10.3. The molecule has 0 saturated carbocycles. The molecule has 0 fully saturated rings. The quantitative estimate of drug-likeness (QED) is 0.798. The SMILES string of the molecule is CC(C)Oc1ccc(F)cc1NC(=O)CCc1ccc(C(=O)O)cc1. The van der Waals surface area contributed by atoms with Crippen molar-refractivity contribution in [3.8, 4) is 5.75 Å². The summed E-state index contributed by atoms with van der Waals surface area (Å²) >= 11 is 0. The molecule has 0 bridgehead atoms. The molecule has 2 N–H and O–H groups in total. The number of amides is 1. The molecule has 2 aromatic rings. The molecule has 0 aliphatic heterocycles. The number of carbonyl (C=O) groups is 2. The topological polar surface area (TPSA) is 75.6 Å². The number of nitrogens with one attached hydrogen (secondary N) is 1. The third-order valence-corrected chi connectivity index (χ3v) is 3.42. The highest BCUT2D eigenvalue weighted by atomic mass is 19.1. The molecule has 0 atom stereocenters. The lowest BCUT2D eigenvalue weighted by atomic mass is 10.1. The molecule has 0 unspecified atom stereocenters. The highest BCUT2D eigenvalue weighted by molar-refractivity contribution is 5.92. The second-order valence-corrected chi connectivity index (χ2v) is 5.86. The van der Waals surface area contributed by atoms with Crippen LogP contribution in [0.15, 0.2) is 42.5 Å². The van der Waals surface area contributed by atoms with Gasteiger partial charge in [-0.25, -0.2) is 9.18 Å². The first-order valence-electron chi connectivity index (χ1n) is 7.93. The van der Waals surface area contributed by atoms with Crippen LogP contribution in [0, 0.1) is 5.82 Å². The number of halogens is 1. The van der Waals surface area contributed by atoms with E-state index in [1.54, 1.807) is 12.1 Å². The molecule has 0 aliphatic carbocycles. The van der Waals surface area contributed by atoms with E-state index >= 15 is 0 Å². The lowest BCUT2D eigenvalue weighted by Crippen LogP contribution is -2.15. The fourth-order valence-corrected chi connectivity index (χ4v) is 2.24. The van der Waals surface area contributed by atoms with Gasteiger partial charge in [-0.3, -0.25) is 4.79 Å². The molecule has 0 aromatic heterocycles. The monoisotopic (exact) mass is 345 g/mol. The van der Waals surface area contributed by atoms with Gasteiger partial charge in [0, 0.05) is 12.5 Å². The summed E-state index contributed by atoms with van der Waals surface area (Å²) in [7, 11) is 0. The van der Waals surface area contributed by atoms with Gasteiger partial charge in [-0.1, -0.05) is 12.1 Å². The molecule has 0 spiro atoms. The van der Waals surface area contributed by atoms with Crippen molar-refractivity contribution in [2.75, 3.05) is 5.32 Å². The molecule has 2 rings (SSSR count). The Kier molecular flexibility index (Phi) is 6.11. The number of carboxylic acids is 1. The van der Waals surface area contributed by atoms with Gasteiger partial charge in [-0.15, -0.1) is 0 Å². The van der Waals surface area contributed by atoms with Crippen LogP contribution in [0.4, 0.5) is 10.1 Å². The summed E-state index contributed by atoms with van der Waals surface area (Å²) in [5.74, 6) is -1.32. The number of anilines is 1. The van der Waals surface area contributed by atoms with Crippen LogP contribution in [0.1, 0.15) is 36.2 Å². The molecule has 6 heteroatoms. The number of aromatic carboxylic acids is 1. The maximum atomic E-state index is 13.4. The summed E-state index contributed by atoms with van der Waals surface area (Å²) < 4.78 is 19.0. The summed E-state index contributed by atoms with van der Waals surface area (Å²) in [6.07, 6.45) is 0.528. The maximum Gasteiger partial charge on any atom is 0.335 e. The largest absolute Gasteiger partial charge is 0.489 e. The van der Waals surface area contributed by atoms with Crippen LogP contribution in [0.25, 0.3) is 0 Å². The Morgan fingerprint density at radius 2 is 1.84 bits per heavy atom. The standard InChI is InChI=1S/C19H20FNO4/c1-12(2)25-17-9-8-15(20)11-16(17)21-18(22)10-5-13-3-6-14(7-4-13)19(23)24/h3-4,6-9,11-12H,5,10H2,1-2H3,(H,21,22)(H,23,24). The van der Waals surface area contributed by atoms with Gasteiger partial charge >= 0.3 is 5.97 Å². The second-order valence-electron chi connectivity index (χ2n) is 5.86. The highest BCUT2D eigenvalue weighted by Crippen LogP contribution is 2.26. The second kappa shape index (κ2) is 8.28. The summed E-state index contributed by atoms with van der Waals surface area (Å²) in [5, 5.41) is 11.5. The zero-order valence-corrected chi connectivity index (χ0v) is 14.1. The van der Waals surface area contributed by atoms with Crippen LogP contribution in [-0.2, 0) is 11.2 Å². The minimum Gasteiger partial charge on any atom is -0.489 e. The number of hydrogen-bond acceptors (Lipinski definition) is 3. The van der Waals surface area contributed by atoms with Gasteiger partial charge in [0.25, 0.3) is 0 Å². The summed E-state index contributed by atoms with van der Waals surface area (Å²) in [4.78, 5) is 22.9. The number of ether oxygens (including phenoxy) is 1. The lowest BCUT2D eigenvalue weighted by Gasteiger charge is -2.15. The van der Waals surface area contributed by atoms with Gasteiger partial charge in [0.2, 0.25) is 5.91 Å². The van der Waals surface area contributed by atoms with Crippen LogP contribution in [0.2, 0.25) is 0 Å². The first kappa shape index (κ1) is 18.4. The average Bonchev–Trinajstić information content (AvgIpc) is 2.55. The number of carbonyl (C=O) groups excluding carboxylic acids is 1. The Hall–Kier alpha value is -2.89. The van der Waals surface area contributed by atoms with Crippen molar-refractivity contribution in [1.29, 1.82) is 0 Å². The van der Waals surface area contributed by atoms with Gasteiger partial charge in [-0.05, 0) is 50.1 Å². The van der Waals surface area contributed by atoms with Crippen LogP contribution < -0.4 is 10.1 Å². The van der Waals surface area contributed by atoms with E-state index in [0.717, 1.165) is 5.56 Å². The fraction of sp³-hybridized carbons (Fsp3) is 0.263. The number of hydrogen-bond donors (Lipinski definition) is 2.